The van der Waals surface area contributed by atoms with Crippen LogP contribution in [0.1, 0.15) is 17.8 Å². The normalized spacial score (nSPS) is 11.9. The number of carbonyl (C=O) groups excluding carboxylic acids is 1. The maximum Gasteiger partial charge on any atom is 0.242 e. The van der Waals surface area contributed by atoms with Gasteiger partial charge >= 0.3 is 0 Å². The predicted octanol–water partition coefficient (Wildman–Crippen LogP) is 2.84. The highest BCUT2D eigenvalue weighted by Gasteiger charge is 2.19. The zero-order valence-corrected chi connectivity index (χ0v) is 17.5. The summed E-state index contributed by atoms with van der Waals surface area (Å²) in [4.78, 5) is 16.9. The molecule has 0 aliphatic heterocycles. The minimum atomic E-state index is -3.55. The van der Waals surface area contributed by atoms with E-state index in [0.717, 1.165) is 15.4 Å². The molecule has 0 spiro atoms. The molecular formula is C20H23FN4O3S. The Morgan fingerprint density at radius 2 is 1.93 bits per heavy atom. The number of aromatic nitrogens is 2. The Balaban J connectivity index is 1.77. The van der Waals surface area contributed by atoms with Crippen molar-refractivity contribution in [3.05, 3.63) is 53.6 Å². The van der Waals surface area contributed by atoms with Crippen LogP contribution in [0.5, 0.6) is 0 Å². The summed E-state index contributed by atoms with van der Waals surface area (Å²) in [6, 6.07) is 9.02. The van der Waals surface area contributed by atoms with Gasteiger partial charge in [0.1, 0.15) is 11.6 Å². The van der Waals surface area contributed by atoms with E-state index in [1.54, 1.807) is 25.1 Å². The van der Waals surface area contributed by atoms with Gasteiger partial charge in [-0.3, -0.25) is 4.79 Å². The van der Waals surface area contributed by atoms with E-state index in [4.69, 9.17) is 0 Å². The number of nitrogens with one attached hydrogen (secondary N) is 1. The quantitative estimate of drug-likeness (QED) is 0.667. The maximum absolute atomic E-state index is 13.4. The summed E-state index contributed by atoms with van der Waals surface area (Å²) in [5, 5.41) is 2.72. The number of amides is 1. The molecule has 154 valence electrons. The molecule has 29 heavy (non-hydrogen) atoms. The standard InChI is InChI=1S/C20H23FN4O3S/c1-13-5-6-14(21)11-16(13)23-20(26)10-9-19-22-17-12-15(29(27,28)24(2)3)7-8-18(17)25(19)4/h5-8,11-12H,9-10H2,1-4H3,(H,23,26). The molecule has 7 nitrogen and oxygen atoms in total. The van der Waals surface area contributed by atoms with E-state index in [1.165, 1.54) is 32.3 Å². The van der Waals surface area contributed by atoms with E-state index in [0.29, 0.717) is 23.4 Å². The monoisotopic (exact) mass is 418 g/mol. The minimum absolute atomic E-state index is 0.163. The Kier molecular flexibility index (Phi) is 5.72. The maximum atomic E-state index is 13.4. The number of halogens is 1. The number of benzene rings is 2. The number of anilines is 1. The first-order chi connectivity index (χ1) is 13.6. The van der Waals surface area contributed by atoms with Crippen molar-refractivity contribution in [2.75, 3.05) is 19.4 Å². The van der Waals surface area contributed by atoms with Gasteiger partial charge < -0.3 is 9.88 Å². The summed E-state index contributed by atoms with van der Waals surface area (Å²) in [6.07, 6.45) is 0.525. The lowest BCUT2D eigenvalue weighted by Crippen LogP contribution is -2.22. The fourth-order valence-corrected chi connectivity index (χ4v) is 3.91. The van der Waals surface area contributed by atoms with Crippen LogP contribution in [0.3, 0.4) is 0 Å². The van der Waals surface area contributed by atoms with Crippen LogP contribution >= 0.6 is 0 Å². The molecule has 0 atom stereocenters. The lowest BCUT2D eigenvalue weighted by atomic mass is 10.2. The molecule has 1 aromatic heterocycles. The largest absolute Gasteiger partial charge is 0.331 e. The molecule has 0 saturated carbocycles. The molecule has 2 aromatic carbocycles. The van der Waals surface area contributed by atoms with Crippen molar-refractivity contribution < 1.29 is 17.6 Å². The fourth-order valence-electron chi connectivity index (χ4n) is 2.99. The lowest BCUT2D eigenvalue weighted by molar-refractivity contribution is -0.116. The van der Waals surface area contributed by atoms with E-state index in [-0.39, 0.29) is 17.2 Å². The van der Waals surface area contributed by atoms with Crippen LogP contribution in [0.15, 0.2) is 41.3 Å². The Bertz CT molecular complexity index is 1190. The SMILES string of the molecule is Cc1ccc(F)cc1NC(=O)CCc1nc2cc(S(=O)(=O)N(C)C)ccc2n1C. The Hall–Kier alpha value is -2.78. The molecule has 0 saturated heterocycles. The number of fused-ring (bicyclic) bond motifs is 1. The number of nitrogens with zero attached hydrogens (tertiary/aromatic N) is 3. The van der Waals surface area contributed by atoms with Crippen LogP contribution in [0, 0.1) is 12.7 Å². The van der Waals surface area contributed by atoms with Crippen LogP contribution in [0.25, 0.3) is 11.0 Å². The number of rotatable bonds is 6. The van der Waals surface area contributed by atoms with E-state index < -0.39 is 15.8 Å². The first kappa shape index (κ1) is 20.9. The number of hydrogen-bond acceptors (Lipinski definition) is 4. The second kappa shape index (κ2) is 7.92. The molecule has 1 amide bonds. The first-order valence-corrected chi connectivity index (χ1v) is 10.5. The molecule has 0 unspecified atom stereocenters. The number of imidazole rings is 1. The van der Waals surface area contributed by atoms with Crippen molar-refractivity contribution in [3.8, 4) is 0 Å². The second-order valence-corrected chi connectivity index (χ2v) is 9.18. The van der Waals surface area contributed by atoms with E-state index >= 15 is 0 Å². The van der Waals surface area contributed by atoms with Crippen molar-refractivity contribution in [3.63, 3.8) is 0 Å². The van der Waals surface area contributed by atoms with Crippen LogP contribution in [-0.4, -0.2) is 42.3 Å². The van der Waals surface area contributed by atoms with Crippen molar-refractivity contribution in [1.82, 2.24) is 13.9 Å². The van der Waals surface area contributed by atoms with Gasteiger partial charge in [-0.2, -0.15) is 0 Å². The van der Waals surface area contributed by atoms with Gasteiger partial charge in [0, 0.05) is 39.7 Å². The number of sulfonamides is 1. The Morgan fingerprint density at radius 3 is 2.62 bits per heavy atom. The molecule has 0 fully saturated rings. The Morgan fingerprint density at radius 1 is 1.21 bits per heavy atom. The summed E-state index contributed by atoms with van der Waals surface area (Å²) >= 11 is 0. The van der Waals surface area contributed by atoms with Gasteiger partial charge in [-0.1, -0.05) is 6.07 Å². The van der Waals surface area contributed by atoms with E-state index in [2.05, 4.69) is 10.3 Å². The molecule has 1 heterocycles. The molecule has 0 radical (unpaired) electrons. The smallest absolute Gasteiger partial charge is 0.242 e. The third-order valence-corrected chi connectivity index (χ3v) is 6.58. The van der Waals surface area contributed by atoms with Crippen molar-refractivity contribution in [1.29, 1.82) is 0 Å². The second-order valence-electron chi connectivity index (χ2n) is 7.03. The van der Waals surface area contributed by atoms with Crippen LogP contribution in [0.4, 0.5) is 10.1 Å². The van der Waals surface area contributed by atoms with Gasteiger partial charge in [0.15, 0.2) is 0 Å². The van der Waals surface area contributed by atoms with Crippen molar-refractivity contribution in [2.45, 2.75) is 24.7 Å². The molecule has 1 N–H and O–H groups in total. The highest BCUT2D eigenvalue weighted by molar-refractivity contribution is 7.89. The summed E-state index contributed by atoms with van der Waals surface area (Å²) in [5.41, 5.74) is 2.54. The van der Waals surface area contributed by atoms with Crippen LogP contribution in [-0.2, 0) is 28.3 Å². The molecule has 0 bridgehead atoms. The summed E-state index contributed by atoms with van der Waals surface area (Å²) in [7, 11) is 1.22. The topological polar surface area (TPSA) is 84.3 Å². The number of aryl methyl sites for hydroxylation is 3. The molecule has 0 aliphatic carbocycles. The highest BCUT2D eigenvalue weighted by Crippen LogP contribution is 2.22. The highest BCUT2D eigenvalue weighted by atomic mass is 32.2. The van der Waals surface area contributed by atoms with Crippen LogP contribution < -0.4 is 5.32 Å². The zero-order chi connectivity index (χ0) is 21.3. The molecule has 9 heteroatoms. The molecular weight excluding hydrogens is 395 g/mol. The summed E-state index contributed by atoms with van der Waals surface area (Å²) in [6.45, 7) is 1.79. The Labute approximate surface area is 169 Å². The van der Waals surface area contributed by atoms with Crippen LogP contribution in [0.2, 0.25) is 0 Å². The number of carbonyl (C=O) groups is 1. The third kappa shape index (κ3) is 4.30. The van der Waals surface area contributed by atoms with E-state index in [1.807, 2.05) is 11.6 Å². The molecule has 3 rings (SSSR count). The van der Waals surface area contributed by atoms with Gasteiger partial charge in [0.25, 0.3) is 0 Å². The minimum Gasteiger partial charge on any atom is -0.331 e. The average Bonchev–Trinajstić information content (AvgIpc) is 2.98. The zero-order valence-electron chi connectivity index (χ0n) is 16.7. The summed E-state index contributed by atoms with van der Waals surface area (Å²) in [5.74, 6) is -0.00289. The fraction of sp³-hybridized carbons (Fsp3) is 0.300. The van der Waals surface area contributed by atoms with Crippen molar-refractivity contribution >= 4 is 32.7 Å². The van der Waals surface area contributed by atoms with Gasteiger partial charge in [-0.25, -0.2) is 22.1 Å². The van der Waals surface area contributed by atoms with Gasteiger partial charge in [0.05, 0.1) is 15.9 Å². The van der Waals surface area contributed by atoms with Gasteiger partial charge in [0.2, 0.25) is 15.9 Å². The van der Waals surface area contributed by atoms with Gasteiger partial charge in [-0.15, -0.1) is 0 Å². The third-order valence-electron chi connectivity index (χ3n) is 4.77. The van der Waals surface area contributed by atoms with E-state index in [9.17, 15) is 17.6 Å². The van der Waals surface area contributed by atoms with Crippen molar-refractivity contribution in [2.24, 2.45) is 7.05 Å². The first-order valence-electron chi connectivity index (χ1n) is 9.03. The lowest BCUT2D eigenvalue weighted by Gasteiger charge is -2.11. The number of hydrogen-bond donors (Lipinski definition) is 1. The average molecular weight is 418 g/mol. The summed E-state index contributed by atoms with van der Waals surface area (Å²) < 4.78 is 41.0. The molecule has 0 aliphatic rings. The predicted molar refractivity (Wildman–Crippen MR) is 110 cm³/mol. The molecule has 3 aromatic rings. The van der Waals surface area contributed by atoms with Gasteiger partial charge in [-0.05, 0) is 42.8 Å².